The van der Waals surface area contributed by atoms with Gasteiger partial charge in [-0.1, -0.05) is 19.8 Å². The highest BCUT2D eigenvalue weighted by Gasteiger charge is 2.53. The molecule has 4 fully saturated rings. The number of hydrogen-bond donors (Lipinski definition) is 0. The molecule has 0 spiro atoms. The number of carbonyl (C=O) groups is 1. The summed E-state index contributed by atoms with van der Waals surface area (Å²) in [6, 6.07) is 1.96. The van der Waals surface area contributed by atoms with Gasteiger partial charge in [-0.3, -0.25) is 4.98 Å². The number of pyridine rings is 1. The molecule has 0 unspecified atom stereocenters. The van der Waals surface area contributed by atoms with Gasteiger partial charge in [-0.15, -0.1) is 0 Å². The summed E-state index contributed by atoms with van der Waals surface area (Å²) in [5.41, 5.74) is 1.58. The molecular formula is C23H30N2O2. The summed E-state index contributed by atoms with van der Waals surface area (Å²) in [5.74, 6) is 2.22. The van der Waals surface area contributed by atoms with Crippen molar-refractivity contribution in [3.05, 3.63) is 30.2 Å². The van der Waals surface area contributed by atoms with E-state index in [9.17, 15) is 4.79 Å². The molecule has 4 heteroatoms. The Bertz CT molecular complexity index is 818. The largest absolute Gasteiger partial charge is 0.455 e. The van der Waals surface area contributed by atoms with E-state index in [4.69, 9.17) is 4.74 Å². The van der Waals surface area contributed by atoms with Crippen LogP contribution in [-0.2, 0) is 11.3 Å². The van der Waals surface area contributed by atoms with Gasteiger partial charge in [-0.25, -0.2) is 4.79 Å². The molecule has 4 nitrogen and oxygen atoms in total. The van der Waals surface area contributed by atoms with Crippen molar-refractivity contribution in [2.24, 2.45) is 17.8 Å². The van der Waals surface area contributed by atoms with E-state index in [0.29, 0.717) is 0 Å². The molecule has 27 heavy (non-hydrogen) atoms. The molecule has 2 aromatic rings. The molecule has 4 bridgehead atoms. The molecule has 0 amide bonds. The van der Waals surface area contributed by atoms with Crippen LogP contribution in [0.3, 0.4) is 0 Å². The minimum Gasteiger partial charge on any atom is -0.455 e. The molecule has 0 radical (unpaired) electrons. The second-order valence-electron chi connectivity index (χ2n) is 9.33. The summed E-state index contributed by atoms with van der Waals surface area (Å²) in [5, 5.41) is 0.983. The van der Waals surface area contributed by atoms with Crippen LogP contribution < -0.4 is 0 Å². The summed E-state index contributed by atoms with van der Waals surface area (Å²) in [4.78, 5) is 17.5. The average molecular weight is 367 g/mol. The molecule has 0 aliphatic heterocycles. The summed E-state index contributed by atoms with van der Waals surface area (Å²) >= 11 is 0. The second kappa shape index (κ2) is 6.65. The quantitative estimate of drug-likeness (QED) is 0.511. The number of rotatable bonds is 6. The fourth-order valence-corrected chi connectivity index (χ4v) is 6.43. The monoisotopic (exact) mass is 366 g/mol. The van der Waals surface area contributed by atoms with E-state index in [-0.39, 0.29) is 11.6 Å². The van der Waals surface area contributed by atoms with Crippen LogP contribution in [-0.4, -0.2) is 21.1 Å². The Labute approximate surface area is 161 Å². The number of ether oxygens (including phenoxy) is 1. The second-order valence-corrected chi connectivity index (χ2v) is 9.33. The zero-order valence-electron chi connectivity index (χ0n) is 16.3. The summed E-state index contributed by atoms with van der Waals surface area (Å²) in [7, 11) is 0. The van der Waals surface area contributed by atoms with Gasteiger partial charge in [0.2, 0.25) is 0 Å². The van der Waals surface area contributed by atoms with E-state index >= 15 is 0 Å². The Kier molecular flexibility index (Phi) is 4.25. The van der Waals surface area contributed by atoms with Crippen LogP contribution >= 0.6 is 0 Å². The lowest BCUT2D eigenvalue weighted by Gasteiger charge is -2.55. The predicted molar refractivity (Wildman–Crippen MR) is 106 cm³/mol. The van der Waals surface area contributed by atoms with Crippen molar-refractivity contribution >= 4 is 16.9 Å². The smallest absolute Gasteiger partial charge is 0.340 e. The molecule has 144 valence electrons. The maximum atomic E-state index is 13.2. The third-order valence-corrected chi connectivity index (χ3v) is 7.20. The average Bonchev–Trinajstić information content (AvgIpc) is 3.00. The number of unbranched alkanes of at least 4 members (excludes halogenated alkanes) is 2. The molecule has 0 atom stereocenters. The Hall–Kier alpha value is -1.84. The number of carbonyl (C=O) groups excluding carboxylic acids is 1. The topological polar surface area (TPSA) is 44.1 Å². The van der Waals surface area contributed by atoms with Gasteiger partial charge in [0.1, 0.15) is 5.60 Å². The lowest BCUT2D eigenvalue weighted by Crippen LogP contribution is -2.52. The van der Waals surface area contributed by atoms with Gasteiger partial charge in [-0.05, 0) is 68.8 Å². The molecule has 0 aromatic carbocycles. The highest BCUT2D eigenvalue weighted by Crippen LogP contribution is 2.57. The van der Waals surface area contributed by atoms with Crippen molar-refractivity contribution in [3.8, 4) is 0 Å². The van der Waals surface area contributed by atoms with Gasteiger partial charge in [0.15, 0.2) is 0 Å². The Morgan fingerprint density at radius 1 is 1.19 bits per heavy atom. The molecule has 4 aliphatic rings. The highest BCUT2D eigenvalue weighted by atomic mass is 16.6. The molecule has 0 N–H and O–H groups in total. The van der Waals surface area contributed by atoms with E-state index in [1.54, 1.807) is 6.20 Å². The van der Waals surface area contributed by atoms with E-state index in [1.165, 1.54) is 32.1 Å². The van der Waals surface area contributed by atoms with Crippen LogP contribution in [0.1, 0.15) is 75.1 Å². The fourth-order valence-electron chi connectivity index (χ4n) is 6.43. The first-order chi connectivity index (χ1) is 13.2. The molecular weight excluding hydrogens is 336 g/mol. The fraction of sp³-hybridized carbons (Fsp3) is 0.652. The molecule has 4 aliphatic carbocycles. The van der Waals surface area contributed by atoms with Gasteiger partial charge < -0.3 is 9.30 Å². The zero-order valence-corrected chi connectivity index (χ0v) is 16.3. The number of aromatic nitrogens is 2. The molecule has 2 aromatic heterocycles. The Morgan fingerprint density at radius 2 is 1.89 bits per heavy atom. The third-order valence-electron chi connectivity index (χ3n) is 7.20. The first kappa shape index (κ1) is 17.3. The summed E-state index contributed by atoms with van der Waals surface area (Å²) < 4.78 is 8.50. The van der Waals surface area contributed by atoms with Gasteiger partial charge in [0, 0.05) is 24.3 Å². The minimum absolute atomic E-state index is 0.123. The van der Waals surface area contributed by atoms with Crippen LogP contribution in [0.2, 0.25) is 0 Å². The van der Waals surface area contributed by atoms with Crippen molar-refractivity contribution in [3.63, 3.8) is 0 Å². The number of fused-ring (bicyclic) bond motifs is 1. The van der Waals surface area contributed by atoms with E-state index < -0.39 is 0 Å². The van der Waals surface area contributed by atoms with Gasteiger partial charge in [0.25, 0.3) is 0 Å². The van der Waals surface area contributed by atoms with Crippen molar-refractivity contribution in [2.75, 3.05) is 0 Å². The molecule has 2 heterocycles. The van der Waals surface area contributed by atoms with Crippen molar-refractivity contribution in [1.82, 2.24) is 9.55 Å². The zero-order chi connectivity index (χ0) is 18.4. The maximum Gasteiger partial charge on any atom is 0.340 e. The maximum absolute atomic E-state index is 13.2. The molecule has 6 rings (SSSR count). The van der Waals surface area contributed by atoms with Crippen LogP contribution in [0.4, 0.5) is 0 Å². The first-order valence-corrected chi connectivity index (χ1v) is 10.8. The van der Waals surface area contributed by atoms with Crippen LogP contribution in [0.15, 0.2) is 24.7 Å². The van der Waals surface area contributed by atoms with Crippen molar-refractivity contribution in [2.45, 2.75) is 76.9 Å². The van der Waals surface area contributed by atoms with Gasteiger partial charge >= 0.3 is 5.97 Å². The van der Waals surface area contributed by atoms with E-state index in [1.807, 2.05) is 18.5 Å². The predicted octanol–water partition coefficient (Wildman–Crippen LogP) is 5.35. The van der Waals surface area contributed by atoms with Crippen LogP contribution in [0, 0.1) is 17.8 Å². The van der Waals surface area contributed by atoms with Crippen molar-refractivity contribution in [1.29, 1.82) is 0 Å². The Morgan fingerprint density at radius 3 is 2.56 bits per heavy atom. The highest BCUT2D eigenvalue weighted by molar-refractivity contribution is 6.04. The minimum atomic E-state index is -0.185. The van der Waals surface area contributed by atoms with Crippen LogP contribution in [0.5, 0.6) is 0 Å². The van der Waals surface area contributed by atoms with E-state index in [0.717, 1.165) is 66.4 Å². The Balaban J connectivity index is 1.41. The number of hydrogen-bond acceptors (Lipinski definition) is 3. The number of aryl methyl sites for hydroxylation is 1. The first-order valence-electron chi connectivity index (χ1n) is 10.8. The molecule has 4 saturated carbocycles. The lowest BCUT2D eigenvalue weighted by molar-refractivity contribution is -0.131. The summed E-state index contributed by atoms with van der Waals surface area (Å²) in [6.45, 7) is 3.14. The number of esters is 1. The van der Waals surface area contributed by atoms with Gasteiger partial charge in [0.05, 0.1) is 17.3 Å². The number of nitrogens with zero attached hydrogens (tertiary/aromatic N) is 2. The standard InChI is InChI=1S/C23H30N2O2/c1-2-3-4-7-25-15-20(19-5-6-24-14-21(19)25)22(26)27-23-11-16-8-17(12-23)10-18(9-16)13-23/h5-6,14-18H,2-4,7-13H2,1H3. The van der Waals surface area contributed by atoms with E-state index in [2.05, 4.69) is 16.5 Å². The van der Waals surface area contributed by atoms with Crippen LogP contribution in [0.25, 0.3) is 10.9 Å². The third kappa shape index (κ3) is 3.07. The lowest BCUT2D eigenvalue weighted by atomic mass is 9.54. The molecule has 0 saturated heterocycles. The normalized spacial score (nSPS) is 31.5. The summed E-state index contributed by atoms with van der Waals surface area (Å²) in [6.07, 6.45) is 16.5. The SMILES string of the molecule is CCCCCn1cc(C(=O)OC23CC4CC(CC(C4)C2)C3)c2ccncc21. The van der Waals surface area contributed by atoms with Crippen molar-refractivity contribution < 1.29 is 9.53 Å². The van der Waals surface area contributed by atoms with Gasteiger partial charge in [-0.2, -0.15) is 0 Å².